The maximum absolute atomic E-state index is 13.1. The summed E-state index contributed by atoms with van der Waals surface area (Å²) in [6.45, 7) is 9.60. The molecular formula is C33H38N3O4S+. The smallest absolute Gasteiger partial charge is 0.328 e. The number of ether oxygens (including phenoxy) is 1. The molecule has 1 fully saturated rings. The van der Waals surface area contributed by atoms with Crippen LogP contribution in [-0.2, 0) is 14.3 Å². The average Bonchev–Trinajstić information content (AvgIpc) is 3.44. The second kappa shape index (κ2) is 11.7. The van der Waals surface area contributed by atoms with E-state index in [1.165, 1.54) is 6.42 Å². The zero-order valence-electron chi connectivity index (χ0n) is 24.4. The van der Waals surface area contributed by atoms with E-state index in [1.54, 1.807) is 17.4 Å². The number of aryl methyl sites for hydroxylation is 2. The molecule has 1 aliphatic carbocycles. The Morgan fingerprint density at radius 3 is 2.51 bits per heavy atom. The van der Waals surface area contributed by atoms with Crippen LogP contribution in [0.25, 0.3) is 21.5 Å². The maximum Gasteiger partial charge on any atom is 0.328 e. The predicted molar refractivity (Wildman–Crippen MR) is 162 cm³/mol. The number of aliphatic carboxylic acids is 1. The fraction of sp³-hybridized carbons (Fsp3) is 0.424. The largest absolute Gasteiger partial charge is 0.478 e. The molecule has 0 amide bonds. The molecule has 1 saturated carbocycles. The van der Waals surface area contributed by atoms with Crippen LogP contribution in [0.1, 0.15) is 75.6 Å². The Morgan fingerprint density at radius 2 is 1.85 bits per heavy atom. The number of hydrogen-bond acceptors (Lipinski definition) is 6. The number of carboxylic acids is 1. The lowest BCUT2D eigenvalue weighted by molar-refractivity contribution is -0.502. The number of fused-ring (bicyclic) bond motifs is 1. The third kappa shape index (κ3) is 6.64. The van der Waals surface area contributed by atoms with Gasteiger partial charge in [-0.05, 0) is 77.8 Å². The number of benzene rings is 1. The summed E-state index contributed by atoms with van der Waals surface area (Å²) in [7, 11) is 0. The van der Waals surface area contributed by atoms with Crippen LogP contribution in [0, 0.1) is 19.8 Å². The van der Waals surface area contributed by atoms with E-state index in [-0.39, 0.29) is 18.3 Å². The van der Waals surface area contributed by atoms with Crippen LogP contribution in [0.15, 0.2) is 54.3 Å². The zero-order valence-corrected chi connectivity index (χ0v) is 25.3. The lowest BCUT2D eigenvalue weighted by atomic mass is 9.87. The van der Waals surface area contributed by atoms with Gasteiger partial charge in [-0.2, -0.15) is 4.58 Å². The Labute approximate surface area is 245 Å². The molecule has 2 aromatic heterocycles. The van der Waals surface area contributed by atoms with Crippen LogP contribution >= 0.6 is 11.3 Å². The molecule has 1 unspecified atom stereocenters. The van der Waals surface area contributed by atoms with E-state index in [2.05, 4.69) is 34.0 Å². The molecule has 3 heterocycles. The molecule has 0 radical (unpaired) electrons. The summed E-state index contributed by atoms with van der Waals surface area (Å²) in [6, 6.07) is 10.7. The van der Waals surface area contributed by atoms with Crippen molar-refractivity contribution in [2.24, 2.45) is 5.92 Å². The molecule has 1 N–H and O–H groups in total. The van der Waals surface area contributed by atoms with Gasteiger partial charge in [0, 0.05) is 35.4 Å². The first-order chi connectivity index (χ1) is 19.5. The highest BCUT2D eigenvalue weighted by atomic mass is 32.1. The summed E-state index contributed by atoms with van der Waals surface area (Å²) >= 11 is 1.65. The Bertz CT molecular complexity index is 1590. The number of esters is 1. The first-order valence-corrected chi connectivity index (χ1v) is 15.2. The third-order valence-corrected chi connectivity index (χ3v) is 8.69. The van der Waals surface area contributed by atoms with Gasteiger partial charge in [0.1, 0.15) is 5.60 Å². The molecule has 3 aromatic rings. The molecule has 8 heteroatoms. The van der Waals surface area contributed by atoms with Crippen molar-refractivity contribution in [3.05, 3.63) is 70.5 Å². The van der Waals surface area contributed by atoms with Crippen molar-refractivity contribution in [1.29, 1.82) is 0 Å². The maximum atomic E-state index is 13.1. The monoisotopic (exact) mass is 572 g/mol. The SMILES string of the molecule is Cc1nc(C)c(-c2ccc3cc(C4=[N+](C5CCCCC5)C=C(C=CC(=O)O)C4CC(=O)OC(C)(C)C)ccc3n2)s1. The van der Waals surface area contributed by atoms with E-state index in [9.17, 15) is 14.7 Å². The number of hydrogen-bond donors (Lipinski definition) is 1. The minimum atomic E-state index is -1.02. The summed E-state index contributed by atoms with van der Waals surface area (Å²) in [5, 5.41) is 11.4. The molecule has 5 rings (SSSR count). The van der Waals surface area contributed by atoms with Gasteiger partial charge in [0.25, 0.3) is 0 Å². The lowest BCUT2D eigenvalue weighted by Crippen LogP contribution is -2.32. The number of rotatable bonds is 7. The van der Waals surface area contributed by atoms with E-state index >= 15 is 0 Å². The van der Waals surface area contributed by atoms with Gasteiger partial charge < -0.3 is 9.84 Å². The average molecular weight is 573 g/mol. The van der Waals surface area contributed by atoms with Gasteiger partial charge in [-0.3, -0.25) is 4.79 Å². The van der Waals surface area contributed by atoms with Crippen LogP contribution < -0.4 is 0 Å². The Morgan fingerprint density at radius 1 is 1.10 bits per heavy atom. The van der Waals surface area contributed by atoms with Gasteiger partial charge in [-0.15, -0.1) is 11.3 Å². The van der Waals surface area contributed by atoms with Crippen LogP contribution in [0.4, 0.5) is 0 Å². The number of pyridine rings is 1. The molecule has 2 aliphatic rings. The number of aromatic nitrogens is 2. The molecule has 1 aromatic carbocycles. The standard InChI is InChI=1S/C33H37N3O4S/c1-20-32(41-21(2)34-20)28-15-11-22-17-23(12-14-27(22)35-28)31-26(18-30(39)40-33(3,4)5)24(13-16-29(37)38)19-36(31)25-9-7-6-8-10-25/h11-17,19,25-26H,6-10,18H2,1-5H3/p+1. The van der Waals surface area contributed by atoms with E-state index in [0.717, 1.165) is 80.8 Å². The number of allylic oxidation sites excluding steroid dienone is 2. The number of carbonyl (C=O) groups excluding carboxylic acids is 1. The van der Waals surface area contributed by atoms with E-state index in [1.807, 2.05) is 46.8 Å². The first-order valence-electron chi connectivity index (χ1n) is 14.3. The van der Waals surface area contributed by atoms with E-state index in [4.69, 9.17) is 9.72 Å². The van der Waals surface area contributed by atoms with Crippen molar-refractivity contribution in [1.82, 2.24) is 9.97 Å². The van der Waals surface area contributed by atoms with Gasteiger partial charge >= 0.3 is 11.9 Å². The van der Waals surface area contributed by atoms with Crippen molar-refractivity contribution >= 4 is 39.9 Å². The normalized spacial score (nSPS) is 18.4. The zero-order chi connectivity index (χ0) is 29.3. The van der Waals surface area contributed by atoms with Gasteiger partial charge in [0.15, 0.2) is 18.0 Å². The molecule has 1 atom stereocenters. The van der Waals surface area contributed by atoms with E-state index in [0.29, 0.717) is 6.04 Å². The Kier molecular flexibility index (Phi) is 8.23. The molecule has 41 heavy (non-hydrogen) atoms. The fourth-order valence-corrected chi connectivity index (χ4v) is 6.83. The minimum absolute atomic E-state index is 0.130. The van der Waals surface area contributed by atoms with Crippen molar-refractivity contribution in [3.8, 4) is 10.6 Å². The number of thiazole rings is 1. The van der Waals surface area contributed by atoms with Crippen molar-refractivity contribution < 1.29 is 24.0 Å². The minimum Gasteiger partial charge on any atom is -0.478 e. The molecular weight excluding hydrogens is 534 g/mol. The summed E-state index contributed by atoms with van der Waals surface area (Å²) in [6.07, 6.45) is 10.6. The predicted octanol–water partition coefficient (Wildman–Crippen LogP) is 7.00. The van der Waals surface area contributed by atoms with Crippen LogP contribution in [-0.4, -0.2) is 48.9 Å². The van der Waals surface area contributed by atoms with Gasteiger partial charge in [0.05, 0.1) is 39.1 Å². The molecule has 0 spiro atoms. The number of carbonyl (C=O) groups is 2. The Balaban J connectivity index is 1.59. The molecule has 7 nitrogen and oxygen atoms in total. The molecule has 1 aliphatic heterocycles. The van der Waals surface area contributed by atoms with Gasteiger partial charge in [0.2, 0.25) is 0 Å². The van der Waals surface area contributed by atoms with Crippen molar-refractivity contribution in [2.45, 2.75) is 84.8 Å². The fourth-order valence-electron chi connectivity index (χ4n) is 5.94. The van der Waals surface area contributed by atoms with Crippen molar-refractivity contribution in [3.63, 3.8) is 0 Å². The summed E-state index contributed by atoms with van der Waals surface area (Å²) in [4.78, 5) is 35.2. The van der Waals surface area contributed by atoms with Gasteiger partial charge in [-0.25, -0.2) is 14.8 Å². The quantitative estimate of drug-likeness (QED) is 0.186. The van der Waals surface area contributed by atoms with Crippen LogP contribution in [0.2, 0.25) is 0 Å². The highest BCUT2D eigenvalue weighted by Gasteiger charge is 2.41. The number of nitrogens with zero attached hydrogens (tertiary/aromatic N) is 3. The topological polar surface area (TPSA) is 92.4 Å². The number of carboxylic acid groups (broad SMARTS) is 1. The molecule has 214 valence electrons. The lowest BCUT2D eigenvalue weighted by Gasteiger charge is -2.22. The highest BCUT2D eigenvalue weighted by Crippen LogP contribution is 2.35. The van der Waals surface area contributed by atoms with Crippen LogP contribution in [0.5, 0.6) is 0 Å². The van der Waals surface area contributed by atoms with Crippen molar-refractivity contribution in [2.75, 3.05) is 0 Å². The molecule has 0 saturated heterocycles. The second-order valence-corrected chi connectivity index (χ2v) is 13.2. The van der Waals surface area contributed by atoms with Gasteiger partial charge in [-0.1, -0.05) is 12.5 Å². The Hall–Kier alpha value is -3.65. The highest BCUT2D eigenvalue weighted by molar-refractivity contribution is 7.15. The molecule has 0 bridgehead atoms. The third-order valence-electron chi connectivity index (χ3n) is 7.60. The summed E-state index contributed by atoms with van der Waals surface area (Å²) in [5.41, 5.74) is 5.01. The summed E-state index contributed by atoms with van der Waals surface area (Å²) in [5.74, 6) is -1.64. The first kappa shape index (κ1) is 28.9. The van der Waals surface area contributed by atoms with E-state index < -0.39 is 11.6 Å². The summed E-state index contributed by atoms with van der Waals surface area (Å²) < 4.78 is 8.03. The van der Waals surface area contributed by atoms with Crippen LogP contribution in [0.3, 0.4) is 0 Å². The second-order valence-electron chi connectivity index (χ2n) is 12.0.